The number of alkyl halides is 3. The van der Waals surface area contributed by atoms with Crippen LogP contribution in [0.2, 0.25) is 0 Å². The maximum absolute atomic E-state index is 13.8. The fourth-order valence-corrected chi connectivity index (χ4v) is 4.31. The van der Waals surface area contributed by atoms with Crippen LogP contribution in [0.5, 0.6) is 0 Å². The molecule has 28 heavy (non-hydrogen) atoms. The molecule has 2 unspecified atom stereocenters. The lowest BCUT2D eigenvalue weighted by atomic mass is 9.84. The van der Waals surface area contributed by atoms with E-state index < -0.39 is 23.5 Å². The van der Waals surface area contributed by atoms with E-state index in [1.165, 1.54) is 12.1 Å². The van der Waals surface area contributed by atoms with Gasteiger partial charge in [0.15, 0.2) is 0 Å². The van der Waals surface area contributed by atoms with Gasteiger partial charge in [0.25, 0.3) is 0 Å². The molecule has 2 aromatic carbocycles. The van der Waals surface area contributed by atoms with Crippen LogP contribution >= 0.6 is 0 Å². The SMILES string of the molecule is O=C(NCc1ccccc1F)C1Cc2cc(C(F)(F)F)ccc2N2CCCC12. The maximum atomic E-state index is 13.8. The van der Waals surface area contributed by atoms with Crippen LogP contribution in [0.25, 0.3) is 0 Å². The van der Waals surface area contributed by atoms with Crippen molar-refractivity contribution in [3.05, 3.63) is 65.0 Å². The predicted molar refractivity (Wildman–Crippen MR) is 97.3 cm³/mol. The summed E-state index contributed by atoms with van der Waals surface area (Å²) in [5, 5.41) is 2.77. The number of amides is 1. The van der Waals surface area contributed by atoms with Crippen LogP contribution < -0.4 is 10.2 Å². The topological polar surface area (TPSA) is 32.3 Å². The summed E-state index contributed by atoms with van der Waals surface area (Å²) in [6.07, 6.45) is -2.45. The molecule has 2 heterocycles. The van der Waals surface area contributed by atoms with Gasteiger partial charge in [0.2, 0.25) is 5.91 Å². The summed E-state index contributed by atoms with van der Waals surface area (Å²) < 4.78 is 53.1. The minimum Gasteiger partial charge on any atom is -0.368 e. The molecule has 0 bridgehead atoms. The van der Waals surface area contributed by atoms with Crippen molar-refractivity contribution in [1.82, 2.24) is 5.32 Å². The van der Waals surface area contributed by atoms with Crippen LogP contribution in [-0.4, -0.2) is 18.5 Å². The van der Waals surface area contributed by atoms with Crippen molar-refractivity contribution >= 4 is 11.6 Å². The zero-order valence-corrected chi connectivity index (χ0v) is 15.1. The second kappa shape index (κ2) is 7.11. The van der Waals surface area contributed by atoms with E-state index in [1.54, 1.807) is 18.2 Å². The Bertz CT molecular complexity index is 896. The molecular formula is C21H20F4N2O. The van der Waals surface area contributed by atoms with Gasteiger partial charge in [-0.1, -0.05) is 18.2 Å². The first-order chi connectivity index (χ1) is 13.3. The molecule has 2 aromatic rings. The molecule has 0 saturated carbocycles. The Morgan fingerprint density at radius 3 is 2.71 bits per heavy atom. The Kier molecular flexibility index (Phi) is 4.77. The van der Waals surface area contributed by atoms with E-state index in [9.17, 15) is 22.4 Å². The summed E-state index contributed by atoms with van der Waals surface area (Å²) >= 11 is 0. The third kappa shape index (κ3) is 3.45. The number of halogens is 4. The van der Waals surface area contributed by atoms with E-state index in [-0.39, 0.29) is 24.9 Å². The van der Waals surface area contributed by atoms with Gasteiger partial charge >= 0.3 is 6.18 Å². The number of carbonyl (C=O) groups is 1. The summed E-state index contributed by atoms with van der Waals surface area (Å²) in [5.41, 5.74) is 1.01. The number of carbonyl (C=O) groups excluding carboxylic acids is 1. The van der Waals surface area contributed by atoms with Crippen molar-refractivity contribution < 1.29 is 22.4 Å². The van der Waals surface area contributed by atoms with Gasteiger partial charge < -0.3 is 10.2 Å². The predicted octanol–water partition coefficient (Wildman–Crippen LogP) is 4.30. The Hall–Kier alpha value is -2.57. The Morgan fingerprint density at radius 2 is 1.96 bits per heavy atom. The van der Waals surface area contributed by atoms with Crippen molar-refractivity contribution in [2.24, 2.45) is 5.92 Å². The van der Waals surface area contributed by atoms with E-state index in [1.807, 2.05) is 4.90 Å². The lowest BCUT2D eigenvalue weighted by Gasteiger charge is -2.39. The van der Waals surface area contributed by atoms with Gasteiger partial charge in [-0.05, 0) is 49.1 Å². The molecule has 0 radical (unpaired) electrons. The molecule has 0 aliphatic carbocycles. The fourth-order valence-electron chi connectivity index (χ4n) is 4.31. The van der Waals surface area contributed by atoms with Crippen LogP contribution in [0, 0.1) is 11.7 Å². The molecule has 1 fully saturated rings. The van der Waals surface area contributed by atoms with Gasteiger partial charge in [-0.2, -0.15) is 13.2 Å². The summed E-state index contributed by atoms with van der Waals surface area (Å²) in [6, 6.07) is 9.94. The van der Waals surface area contributed by atoms with Crippen molar-refractivity contribution in [3.8, 4) is 0 Å². The third-order valence-corrected chi connectivity index (χ3v) is 5.67. The first-order valence-corrected chi connectivity index (χ1v) is 9.32. The zero-order valence-electron chi connectivity index (χ0n) is 15.1. The van der Waals surface area contributed by atoms with Crippen LogP contribution in [0.1, 0.15) is 29.5 Å². The van der Waals surface area contributed by atoms with E-state index in [2.05, 4.69) is 5.32 Å². The Labute approximate surface area is 160 Å². The fraction of sp³-hybridized carbons (Fsp3) is 0.381. The molecule has 0 spiro atoms. The van der Waals surface area contributed by atoms with Gasteiger partial charge in [0.05, 0.1) is 11.5 Å². The highest BCUT2D eigenvalue weighted by molar-refractivity contribution is 5.82. The highest BCUT2D eigenvalue weighted by atomic mass is 19.4. The second-order valence-corrected chi connectivity index (χ2v) is 7.36. The zero-order chi connectivity index (χ0) is 19.9. The molecule has 148 valence electrons. The Morgan fingerprint density at radius 1 is 1.18 bits per heavy atom. The highest BCUT2D eigenvalue weighted by Gasteiger charge is 2.42. The molecule has 3 nitrogen and oxygen atoms in total. The molecule has 2 aliphatic heterocycles. The molecule has 1 N–H and O–H groups in total. The lowest BCUT2D eigenvalue weighted by Crippen LogP contribution is -2.48. The minimum absolute atomic E-state index is 0.0372. The number of fused-ring (bicyclic) bond motifs is 3. The first-order valence-electron chi connectivity index (χ1n) is 9.32. The van der Waals surface area contributed by atoms with E-state index in [0.29, 0.717) is 11.1 Å². The van der Waals surface area contributed by atoms with Gasteiger partial charge in [0.1, 0.15) is 5.82 Å². The molecule has 2 aliphatic rings. The smallest absolute Gasteiger partial charge is 0.368 e. The number of hydrogen-bond donors (Lipinski definition) is 1. The number of rotatable bonds is 3. The molecule has 1 amide bonds. The van der Waals surface area contributed by atoms with Crippen LogP contribution in [0.3, 0.4) is 0 Å². The number of nitrogens with zero attached hydrogens (tertiary/aromatic N) is 1. The van der Waals surface area contributed by atoms with Crippen LogP contribution in [-0.2, 0) is 23.9 Å². The summed E-state index contributed by atoms with van der Waals surface area (Å²) in [7, 11) is 0. The second-order valence-electron chi connectivity index (χ2n) is 7.36. The number of anilines is 1. The van der Waals surface area contributed by atoms with E-state index >= 15 is 0 Å². The van der Waals surface area contributed by atoms with Gasteiger partial charge in [-0.15, -0.1) is 0 Å². The largest absolute Gasteiger partial charge is 0.416 e. The van der Waals surface area contributed by atoms with Crippen molar-refractivity contribution in [2.45, 2.75) is 38.0 Å². The summed E-state index contributed by atoms with van der Waals surface area (Å²) in [5.74, 6) is -1.09. The Balaban J connectivity index is 1.56. The average molecular weight is 392 g/mol. The molecule has 1 saturated heterocycles. The third-order valence-electron chi connectivity index (χ3n) is 5.67. The lowest BCUT2D eigenvalue weighted by molar-refractivity contribution is -0.137. The monoisotopic (exact) mass is 392 g/mol. The summed E-state index contributed by atoms with van der Waals surface area (Å²) in [6.45, 7) is 0.782. The van der Waals surface area contributed by atoms with Crippen LogP contribution in [0.15, 0.2) is 42.5 Å². The first kappa shape index (κ1) is 18.8. The van der Waals surface area contributed by atoms with Crippen molar-refractivity contribution in [2.75, 3.05) is 11.4 Å². The van der Waals surface area contributed by atoms with E-state index in [4.69, 9.17) is 0 Å². The van der Waals surface area contributed by atoms with Crippen molar-refractivity contribution in [1.29, 1.82) is 0 Å². The van der Waals surface area contributed by atoms with Crippen LogP contribution in [0.4, 0.5) is 23.2 Å². The molecule has 2 atom stereocenters. The summed E-state index contributed by atoms with van der Waals surface area (Å²) in [4.78, 5) is 14.9. The highest BCUT2D eigenvalue weighted by Crippen LogP contribution is 2.41. The molecule has 4 rings (SSSR count). The number of benzene rings is 2. The molecule has 0 aromatic heterocycles. The standard InChI is InChI=1S/C21H20F4N2O/c22-17-5-2-1-4-13(17)12-26-20(28)16-11-14-10-15(21(23,24)25)7-8-18(14)27-9-3-6-19(16)27/h1-2,4-5,7-8,10,16,19H,3,6,9,11-12H2,(H,26,28). The quantitative estimate of drug-likeness (QED) is 0.790. The number of hydrogen-bond acceptors (Lipinski definition) is 2. The van der Waals surface area contributed by atoms with Gasteiger partial charge in [-0.3, -0.25) is 4.79 Å². The van der Waals surface area contributed by atoms with E-state index in [0.717, 1.165) is 37.2 Å². The van der Waals surface area contributed by atoms with Gasteiger partial charge in [-0.25, -0.2) is 4.39 Å². The molecule has 7 heteroatoms. The minimum atomic E-state index is -4.42. The average Bonchev–Trinajstić information content (AvgIpc) is 3.15. The normalized spacial score (nSPS) is 21.2. The number of nitrogens with one attached hydrogen (secondary N) is 1. The maximum Gasteiger partial charge on any atom is 0.416 e. The molecular weight excluding hydrogens is 372 g/mol. The van der Waals surface area contributed by atoms with Crippen molar-refractivity contribution in [3.63, 3.8) is 0 Å². The van der Waals surface area contributed by atoms with Gasteiger partial charge in [0, 0.05) is 30.4 Å².